The molecule has 1 saturated heterocycles. The summed E-state index contributed by atoms with van der Waals surface area (Å²) in [5.41, 5.74) is 0.943. The average Bonchev–Trinajstić information content (AvgIpc) is 2.73. The fraction of sp³-hybridized carbons (Fsp3) is 0.571. The molecule has 94 valence electrons. The zero-order valence-corrected chi connectivity index (χ0v) is 11.8. The topological polar surface area (TPSA) is 12.0 Å². The number of hydrogen-bond acceptors (Lipinski definition) is 1. The van der Waals surface area contributed by atoms with Gasteiger partial charge < -0.3 is 5.32 Å². The van der Waals surface area contributed by atoms with Crippen molar-refractivity contribution < 1.29 is 4.39 Å². The van der Waals surface area contributed by atoms with Crippen LogP contribution in [0, 0.1) is 5.82 Å². The van der Waals surface area contributed by atoms with E-state index in [-0.39, 0.29) is 11.4 Å². The van der Waals surface area contributed by atoms with Gasteiger partial charge in [0.05, 0.1) is 0 Å². The van der Waals surface area contributed by atoms with Gasteiger partial charge in [0.25, 0.3) is 0 Å². The summed E-state index contributed by atoms with van der Waals surface area (Å²) in [7, 11) is 0. The van der Waals surface area contributed by atoms with E-state index >= 15 is 0 Å². The summed E-state index contributed by atoms with van der Waals surface area (Å²) in [4.78, 5) is 0. The molecule has 17 heavy (non-hydrogen) atoms. The van der Waals surface area contributed by atoms with Crippen molar-refractivity contribution in [2.45, 2.75) is 44.6 Å². The third-order valence-electron chi connectivity index (χ3n) is 3.60. The molecule has 0 amide bonds. The number of halogens is 2. The Morgan fingerprint density at radius 3 is 2.94 bits per heavy atom. The Balaban J connectivity index is 2.19. The minimum atomic E-state index is -0.0858. The average molecular weight is 300 g/mol. The van der Waals surface area contributed by atoms with Crippen LogP contribution in [0.5, 0.6) is 0 Å². The van der Waals surface area contributed by atoms with Crippen LogP contribution in [-0.4, -0.2) is 12.1 Å². The predicted octanol–water partition coefficient (Wildman–Crippen LogP) is 4.05. The molecule has 0 saturated carbocycles. The van der Waals surface area contributed by atoms with Crippen LogP contribution in [0.1, 0.15) is 38.2 Å². The first kappa shape index (κ1) is 13.0. The maximum Gasteiger partial charge on any atom is 0.126 e. The standard InChI is InChI=1S/C14H19BrFN/c1-2-6-14(7-3-8-17-14)10-11-9-12(15)4-5-13(11)16/h4-5,9,17H,2-3,6-8,10H2,1H3. The van der Waals surface area contributed by atoms with Crippen LogP contribution in [0.3, 0.4) is 0 Å². The van der Waals surface area contributed by atoms with Gasteiger partial charge in [0.2, 0.25) is 0 Å². The van der Waals surface area contributed by atoms with Crippen LogP contribution >= 0.6 is 15.9 Å². The fourth-order valence-electron chi connectivity index (χ4n) is 2.84. The van der Waals surface area contributed by atoms with Gasteiger partial charge in [-0.15, -0.1) is 0 Å². The smallest absolute Gasteiger partial charge is 0.126 e. The Labute approximate surface area is 111 Å². The van der Waals surface area contributed by atoms with Crippen LogP contribution < -0.4 is 5.32 Å². The highest BCUT2D eigenvalue weighted by Gasteiger charge is 2.33. The SMILES string of the molecule is CCCC1(Cc2cc(Br)ccc2F)CCCN1. The molecule has 2 rings (SSSR count). The Kier molecular flexibility index (Phi) is 4.21. The van der Waals surface area contributed by atoms with Gasteiger partial charge in [0.1, 0.15) is 5.82 Å². The minimum Gasteiger partial charge on any atom is -0.311 e. The van der Waals surface area contributed by atoms with Gasteiger partial charge in [-0.3, -0.25) is 0 Å². The lowest BCUT2D eigenvalue weighted by atomic mass is 9.85. The van der Waals surface area contributed by atoms with E-state index < -0.39 is 0 Å². The Bertz CT molecular complexity index is 386. The Morgan fingerprint density at radius 2 is 2.29 bits per heavy atom. The number of hydrogen-bond donors (Lipinski definition) is 1. The van der Waals surface area contributed by atoms with Crippen LogP contribution in [0.25, 0.3) is 0 Å². The summed E-state index contributed by atoms with van der Waals surface area (Å²) >= 11 is 3.42. The molecule has 1 nitrogen and oxygen atoms in total. The zero-order chi connectivity index (χ0) is 12.3. The third kappa shape index (κ3) is 3.08. The molecule has 0 aromatic heterocycles. The summed E-state index contributed by atoms with van der Waals surface area (Å²) in [5.74, 6) is -0.0858. The summed E-state index contributed by atoms with van der Waals surface area (Å²) in [5, 5.41) is 3.58. The van der Waals surface area contributed by atoms with Gasteiger partial charge in [-0.05, 0) is 56.0 Å². The number of rotatable bonds is 4. The Hall–Kier alpha value is -0.410. The molecule has 1 unspecified atom stereocenters. The van der Waals surface area contributed by atoms with Gasteiger partial charge in [0.15, 0.2) is 0 Å². The maximum atomic E-state index is 13.8. The van der Waals surface area contributed by atoms with E-state index in [4.69, 9.17) is 0 Å². The first-order valence-electron chi connectivity index (χ1n) is 6.34. The molecule has 0 bridgehead atoms. The molecule has 1 heterocycles. The zero-order valence-electron chi connectivity index (χ0n) is 10.2. The fourth-order valence-corrected chi connectivity index (χ4v) is 3.25. The van der Waals surface area contributed by atoms with E-state index in [0.717, 1.165) is 42.3 Å². The van der Waals surface area contributed by atoms with Crippen molar-refractivity contribution in [3.63, 3.8) is 0 Å². The molecule has 0 aliphatic carbocycles. The van der Waals surface area contributed by atoms with E-state index in [1.165, 1.54) is 6.42 Å². The molecule has 1 aliphatic heterocycles. The van der Waals surface area contributed by atoms with Crippen LogP contribution in [0.4, 0.5) is 4.39 Å². The predicted molar refractivity (Wildman–Crippen MR) is 72.7 cm³/mol. The molecule has 1 aliphatic rings. The van der Waals surface area contributed by atoms with Crippen LogP contribution in [0.2, 0.25) is 0 Å². The molecular formula is C14H19BrFN. The lowest BCUT2D eigenvalue weighted by Gasteiger charge is -2.29. The quantitative estimate of drug-likeness (QED) is 0.884. The Morgan fingerprint density at radius 1 is 1.47 bits per heavy atom. The number of nitrogens with one attached hydrogen (secondary N) is 1. The van der Waals surface area contributed by atoms with Crippen molar-refractivity contribution in [1.82, 2.24) is 5.32 Å². The highest BCUT2D eigenvalue weighted by atomic mass is 79.9. The van der Waals surface area contributed by atoms with E-state index in [9.17, 15) is 4.39 Å². The van der Waals surface area contributed by atoms with E-state index in [0.29, 0.717) is 0 Å². The molecule has 1 fully saturated rings. The van der Waals surface area contributed by atoms with Crippen molar-refractivity contribution in [3.05, 3.63) is 34.1 Å². The van der Waals surface area contributed by atoms with E-state index in [2.05, 4.69) is 28.2 Å². The lowest BCUT2D eigenvalue weighted by molar-refractivity contribution is 0.337. The van der Waals surface area contributed by atoms with E-state index in [1.807, 2.05) is 6.07 Å². The molecule has 0 radical (unpaired) electrons. The van der Waals surface area contributed by atoms with Crippen molar-refractivity contribution in [2.75, 3.05) is 6.54 Å². The second-order valence-corrected chi connectivity index (χ2v) is 5.89. The van der Waals surface area contributed by atoms with Crippen molar-refractivity contribution in [3.8, 4) is 0 Å². The minimum absolute atomic E-state index is 0.0858. The molecule has 1 N–H and O–H groups in total. The molecule has 1 aromatic carbocycles. The van der Waals surface area contributed by atoms with Gasteiger partial charge in [-0.25, -0.2) is 4.39 Å². The molecule has 1 aromatic rings. The summed E-state index contributed by atoms with van der Waals surface area (Å²) < 4.78 is 14.7. The van der Waals surface area contributed by atoms with Gasteiger partial charge in [0, 0.05) is 10.0 Å². The van der Waals surface area contributed by atoms with Gasteiger partial charge in [-0.1, -0.05) is 29.3 Å². The van der Waals surface area contributed by atoms with Crippen LogP contribution in [0.15, 0.2) is 22.7 Å². The first-order chi connectivity index (χ1) is 8.15. The van der Waals surface area contributed by atoms with Gasteiger partial charge >= 0.3 is 0 Å². The second kappa shape index (κ2) is 5.49. The first-order valence-corrected chi connectivity index (χ1v) is 7.13. The lowest BCUT2D eigenvalue weighted by Crippen LogP contribution is -2.41. The summed E-state index contributed by atoms with van der Waals surface area (Å²) in [6, 6.07) is 5.22. The molecule has 1 atom stereocenters. The second-order valence-electron chi connectivity index (χ2n) is 4.97. The van der Waals surface area contributed by atoms with Crippen molar-refractivity contribution in [2.24, 2.45) is 0 Å². The van der Waals surface area contributed by atoms with E-state index in [1.54, 1.807) is 12.1 Å². The highest BCUT2D eigenvalue weighted by Crippen LogP contribution is 2.30. The molecule has 0 spiro atoms. The summed E-state index contributed by atoms with van der Waals surface area (Å²) in [6.45, 7) is 3.26. The van der Waals surface area contributed by atoms with Crippen molar-refractivity contribution in [1.29, 1.82) is 0 Å². The highest BCUT2D eigenvalue weighted by molar-refractivity contribution is 9.10. The molecule has 3 heteroatoms. The maximum absolute atomic E-state index is 13.8. The summed E-state index contributed by atoms with van der Waals surface area (Å²) in [6.07, 6.45) is 5.43. The third-order valence-corrected chi connectivity index (χ3v) is 4.09. The largest absolute Gasteiger partial charge is 0.311 e. The van der Waals surface area contributed by atoms with Crippen molar-refractivity contribution >= 4 is 15.9 Å². The van der Waals surface area contributed by atoms with Gasteiger partial charge in [-0.2, -0.15) is 0 Å². The van der Waals surface area contributed by atoms with Crippen LogP contribution in [-0.2, 0) is 6.42 Å². The monoisotopic (exact) mass is 299 g/mol. The molecular weight excluding hydrogens is 281 g/mol. The normalized spacial score (nSPS) is 24.2. The number of benzene rings is 1.